The Morgan fingerprint density at radius 2 is 1.92 bits per heavy atom. The molecule has 1 aromatic carbocycles. The summed E-state index contributed by atoms with van der Waals surface area (Å²) >= 11 is 7.24. The number of nitrogens with zero attached hydrogens (tertiary/aromatic N) is 3. The number of carbonyl (C=O) groups is 1. The fourth-order valence-electron chi connectivity index (χ4n) is 2.72. The number of carbonyl (C=O) groups excluding carboxylic acids is 1. The number of hydrogen-bond donors (Lipinski definition) is 0. The molecule has 2 heterocycles. The highest BCUT2D eigenvalue weighted by atomic mass is 35.5. The van der Waals surface area contributed by atoms with Gasteiger partial charge in [0.05, 0.1) is 12.2 Å². The number of alkyl halides is 1. The number of benzene rings is 1. The van der Waals surface area contributed by atoms with E-state index in [2.05, 4.69) is 9.88 Å². The molecule has 2 aromatic rings. The van der Waals surface area contributed by atoms with Crippen molar-refractivity contribution in [2.24, 2.45) is 0 Å². The third kappa shape index (κ3) is 4.32. The molecule has 1 aliphatic rings. The number of hydrogen-bond acceptors (Lipinski definition) is 4. The van der Waals surface area contributed by atoms with Gasteiger partial charge in [0.1, 0.15) is 10.8 Å². The smallest absolute Gasteiger partial charge is 0.223 e. The third-order valence-electron chi connectivity index (χ3n) is 4.08. The van der Waals surface area contributed by atoms with Crippen LogP contribution in [0.3, 0.4) is 0 Å². The average molecular weight is 368 g/mol. The van der Waals surface area contributed by atoms with Gasteiger partial charge in [-0.3, -0.25) is 9.69 Å². The van der Waals surface area contributed by atoms with Gasteiger partial charge in [-0.25, -0.2) is 9.37 Å². The van der Waals surface area contributed by atoms with Crippen LogP contribution in [0.4, 0.5) is 4.39 Å². The minimum Gasteiger partial charge on any atom is -0.340 e. The standard InChI is InChI=1S/C17H19ClFN3OS/c18-6-5-17(23)22-9-7-21(8-10-22)11-16-20-15(12-24-16)13-1-3-14(19)4-2-13/h1-4,12H,5-11H2. The van der Waals surface area contributed by atoms with Crippen LogP contribution >= 0.6 is 22.9 Å². The molecule has 1 fully saturated rings. The molecular formula is C17H19ClFN3OS. The first-order valence-electron chi connectivity index (χ1n) is 7.92. The Hall–Kier alpha value is -1.50. The summed E-state index contributed by atoms with van der Waals surface area (Å²) in [5.41, 5.74) is 1.81. The summed E-state index contributed by atoms with van der Waals surface area (Å²) in [6, 6.07) is 6.39. The summed E-state index contributed by atoms with van der Waals surface area (Å²) in [7, 11) is 0. The number of rotatable bonds is 5. The summed E-state index contributed by atoms with van der Waals surface area (Å²) in [6.07, 6.45) is 0.412. The zero-order valence-electron chi connectivity index (χ0n) is 13.3. The lowest BCUT2D eigenvalue weighted by Gasteiger charge is -2.34. The molecule has 0 atom stereocenters. The van der Waals surface area contributed by atoms with Gasteiger partial charge in [-0.1, -0.05) is 0 Å². The zero-order chi connectivity index (χ0) is 16.9. The third-order valence-corrected chi connectivity index (χ3v) is 5.11. The molecule has 1 aromatic heterocycles. The predicted molar refractivity (Wildman–Crippen MR) is 94.7 cm³/mol. The Bertz CT molecular complexity index is 683. The summed E-state index contributed by atoms with van der Waals surface area (Å²) in [4.78, 5) is 20.7. The normalized spacial score (nSPS) is 15.7. The van der Waals surface area contributed by atoms with Crippen LogP contribution in [0.15, 0.2) is 29.6 Å². The van der Waals surface area contributed by atoms with Crippen molar-refractivity contribution in [3.63, 3.8) is 0 Å². The molecule has 0 radical (unpaired) electrons. The van der Waals surface area contributed by atoms with Crippen molar-refractivity contribution in [1.29, 1.82) is 0 Å². The lowest BCUT2D eigenvalue weighted by atomic mass is 10.2. The Kier molecular flexibility index (Phi) is 5.81. The first kappa shape index (κ1) is 17.3. The van der Waals surface area contributed by atoms with Gasteiger partial charge in [-0.2, -0.15) is 0 Å². The van der Waals surface area contributed by atoms with E-state index in [1.165, 1.54) is 12.1 Å². The van der Waals surface area contributed by atoms with Gasteiger partial charge in [0, 0.05) is 49.4 Å². The predicted octanol–water partition coefficient (Wildman–Crippen LogP) is 3.22. The molecular weight excluding hydrogens is 349 g/mol. The Morgan fingerprint density at radius 1 is 1.21 bits per heavy atom. The number of piperazine rings is 1. The van der Waals surface area contributed by atoms with E-state index in [-0.39, 0.29) is 11.7 Å². The van der Waals surface area contributed by atoms with Crippen molar-refractivity contribution in [2.45, 2.75) is 13.0 Å². The highest BCUT2D eigenvalue weighted by Gasteiger charge is 2.21. The lowest BCUT2D eigenvalue weighted by molar-refractivity contribution is -0.132. The van der Waals surface area contributed by atoms with Crippen molar-refractivity contribution >= 4 is 28.8 Å². The maximum Gasteiger partial charge on any atom is 0.223 e. The fourth-order valence-corrected chi connectivity index (χ4v) is 3.73. The van der Waals surface area contributed by atoms with Gasteiger partial charge >= 0.3 is 0 Å². The Labute approximate surface area is 149 Å². The van der Waals surface area contributed by atoms with Gasteiger partial charge in [0.25, 0.3) is 0 Å². The van der Waals surface area contributed by atoms with Gasteiger partial charge < -0.3 is 4.90 Å². The number of aromatic nitrogens is 1. The molecule has 7 heteroatoms. The summed E-state index contributed by atoms with van der Waals surface area (Å²) in [5, 5.41) is 3.04. The second-order valence-electron chi connectivity index (χ2n) is 5.73. The zero-order valence-corrected chi connectivity index (χ0v) is 14.8. The number of amides is 1. The minimum absolute atomic E-state index is 0.137. The van der Waals surface area contributed by atoms with E-state index in [1.807, 2.05) is 10.3 Å². The van der Waals surface area contributed by atoms with Crippen LogP contribution in [0.1, 0.15) is 11.4 Å². The van der Waals surface area contributed by atoms with E-state index in [0.717, 1.165) is 49.0 Å². The van der Waals surface area contributed by atoms with E-state index < -0.39 is 0 Å². The molecule has 0 unspecified atom stereocenters. The van der Waals surface area contributed by atoms with Gasteiger partial charge in [-0.05, 0) is 24.3 Å². The first-order chi connectivity index (χ1) is 11.7. The molecule has 0 aliphatic carbocycles. The van der Waals surface area contributed by atoms with Crippen molar-refractivity contribution in [3.8, 4) is 11.3 Å². The second-order valence-corrected chi connectivity index (χ2v) is 7.05. The summed E-state index contributed by atoms with van der Waals surface area (Å²) in [6.45, 7) is 3.96. The average Bonchev–Trinajstić information content (AvgIpc) is 3.05. The molecule has 128 valence electrons. The summed E-state index contributed by atoms with van der Waals surface area (Å²) < 4.78 is 13.0. The van der Waals surface area contributed by atoms with Crippen LogP contribution in [-0.4, -0.2) is 52.8 Å². The maximum absolute atomic E-state index is 13.0. The topological polar surface area (TPSA) is 36.4 Å². The fraction of sp³-hybridized carbons (Fsp3) is 0.412. The van der Waals surface area contributed by atoms with Crippen LogP contribution in [0.25, 0.3) is 11.3 Å². The van der Waals surface area contributed by atoms with Crippen LogP contribution in [0.5, 0.6) is 0 Å². The number of thiazole rings is 1. The Balaban J connectivity index is 1.54. The van der Waals surface area contributed by atoms with Crippen molar-refractivity contribution in [1.82, 2.24) is 14.8 Å². The molecule has 24 heavy (non-hydrogen) atoms. The molecule has 1 amide bonds. The molecule has 1 saturated heterocycles. The van der Waals surface area contributed by atoms with Gasteiger partial charge in [0.2, 0.25) is 5.91 Å². The largest absolute Gasteiger partial charge is 0.340 e. The van der Waals surface area contributed by atoms with Gasteiger partial charge in [0.15, 0.2) is 0 Å². The highest BCUT2D eigenvalue weighted by molar-refractivity contribution is 7.09. The lowest BCUT2D eigenvalue weighted by Crippen LogP contribution is -2.48. The van der Waals surface area contributed by atoms with E-state index >= 15 is 0 Å². The van der Waals surface area contributed by atoms with E-state index in [9.17, 15) is 9.18 Å². The summed E-state index contributed by atoms with van der Waals surface area (Å²) in [5.74, 6) is 0.276. The molecule has 0 N–H and O–H groups in total. The Morgan fingerprint density at radius 3 is 2.58 bits per heavy atom. The van der Waals surface area contributed by atoms with E-state index in [1.54, 1.807) is 23.5 Å². The first-order valence-corrected chi connectivity index (χ1v) is 9.33. The van der Waals surface area contributed by atoms with Crippen molar-refractivity contribution in [2.75, 3.05) is 32.1 Å². The molecule has 3 rings (SSSR count). The second kappa shape index (κ2) is 8.05. The minimum atomic E-state index is -0.240. The van der Waals surface area contributed by atoms with E-state index in [4.69, 9.17) is 11.6 Å². The van der Waals surface area contributed by atoms with Crippen molar-refractivity contribution < 1.29 is 9.18 Å². The van der Waals surface area contributed by atoms with Crippen LogP contribution in [0.2, 0.25) is 0 Å². The van der Waals surface area contributed by atoms with Crippen LogP contribution < -0.4 is 0 Å². The molecule has 0 saturated carbocycles. The molecule has 0 spiro atoms. The monoisotopic (exact) mass is 367 g/mol. The molecule has 1 aliphatic heterocycles. The van der Waals surface area contributed by atoms with Gasteiger partial charge in [-0.15, -0.1) is 22.9 Å². The maximum atomic E-state index is 13.0. The van der Waals surface area contributed by atoms with Crippen LogP contribution in [-0.2, 0) is 11.3 Å². The highest BCUT2D eigenvalue weighted by Crippen LogP contribution is 2.23. The quantitative estimate of drug-likeness (QED) is 0.761. The van der Waals surface area contributed by atoms with Crippen molar-refractivity contribution in [3.05, 3.63) is 40.5 Å². The van der Waals surface area contributed by atoms with Crippen LogP contribution in [0, 0.1) is 5.82 Å². The molecule has 4 nitrogen and oxygen atoms in total. The molecule has 0 bridgehead atoms. The number of halogens is 2. The SMILES string of the molecule is O=C(CCCl)N1CCN(Cc2nc(-c3ccc(F)cc3)cs2)CC1. The van der Waals surface area contributed by atoms with E-state index in [0.29, 0.717) is 12.3 Å².